The van der Waals surface area contributed by atoms with Crippen LogP contribution in [0.15, 0.2) is 12.1 Å². The fraction of sp³-hybridized carbons (Fsp3) is 0.846. The molecule has 0 bridgehead atoms. The first kappa shape index (κ1) is 31.9. The van der Waals surface area contributed by atoms with Gasteiger partial charge in [0.05, 0.1) is 6.61 Å². The number of hydrogen-bond acceptors (Lipinski definition) is 1. The molecular weight excluding hydrogens is 484 g/mol. The molecule has 0 atom stereocenters. The Morgan fingerprint density at radius 1 is 0.550 bits per heavy atom. The van der Waals surface area contributed by atoms with Crippen LogP contribution in [0, 0.1) is 29.6 Å². The maximum atomic E-state index is 6.81. The molecule has 0 heterocycles. The van der Waals surface area contributed by atoms with E-state index < -0.39 is 0 Å². The highest BCUT2D eigenvalue weighted by Gasteiger charge is 2.32. The van der Waals surface area contributed by atoms with Crippen molar-refractivity contribution >= 4 is 0 Å². The van der Waals surface area contributed by atoms with Gasteiger partial charge in [0.25, 0.3) is 0 Å². The summed E-state index contributed by atoms with van der Waals surface area (Å²) in [5.74, 6) is 6.89. The van der Waals surface area contributed by atoms with Gasteiger partial charge in [0.1, 0.15) is 5.75 Å². The molecule has 1 nitrogen and oxygen atoms in total. The molecule has 3 aliphatic carbocycles. The molecule has 0 unspecified atom stereocenters. The van der Waals surface area contributed by atoms with Crippen molar-refractivity contribution in [2.75, 3.05) is 6.61 Å². The van der Waals surface area contributed by atoms with Crippen LogP contribution in [0.25, 0.3) is 0 Å². The van der Waals surface area contributed by atoms with E-state index in [-0.39, 0.29) is 0 Å². The average molecular weight is 551 g/mol. The third kappa shape index (κ3) is 9.26. The molecule has 228 valence electrons. The molecule has 1 aromatic rings. The van der Waals surface area contributed by atoms with Crippen molar-refractivity contribution < 1.29 is 4.74 Å². The topological polar surface area (TPSA) is 9.23 Å². The summed E-state index contributed by atoms with van der Waals surface area (Å²) in [6.45, 7) is 10.3. The normalized spacial score (nSPS) is 29.4. The summed E-state index contributed by atoms with van der Waals surface area (Å²) < 4.78 is 6.81. The minimum absolute atomic E-state index is 0.762. The average Bonchev–Trinajstić information content (AvgIpc) is 2.98. The van der Waals surface area contributed by atoms with Gasteiger partial charge in [-0.05, 0) is 116 Å². The fourth-order valence-electron chi connectivity index (χ4n) is 8.96. The molecule has 0 aliphatic heterocycles. The zero-order valence-corrected chi connectivity index (χ0v) is 27.3. The standard InChI is InChI=1S/C39H66O/c1-5-9-10-14-31-15-17-32(18-16-31)29-40-39-36(12-7-3)27-38(28-37(39)13-8-4)35-25-23-34(24-26-35)33-21-19-30(11-6-2)20-22-33/h27-28,30-35H,5-26,29H2,1-4H3. The van der Waals surface area contributed by atoms with Crippen LogP contribution in [0.1, 0.15) is 179 Å². The SMILES string of the molecule is CCCCCC1CCC(COc2c(CCC)cc(C3CCC(C4CCC(CCC)CC4)CC3)cc2CCC)CC1. The first-order valence-electron chi connectivity index (χ1n) is 18.4. The predicted octanol–water partition coefficient (Wildman–Crippen LogP) is 12.2. The minimum Gasteiger partial charge on any atom is -0.493 e. The van der Waals surface area contributed by atoms with Crippen molar-refractivity contribution in [3.63, 3.8) is 0 Å². The van der Waals surface area contributed by atoms with E-state index in [1.807, 2.05) is 0 Å². The lowest BCUT2D eigenvalue weighted by Gasteiger charge is -2.38. The van der Waals surface area contributed by atoms with Crippen LogP contribution < -0.4 is 4.74 Å². The van der Waals surface area contributed by atoms with Crippen molar-refractivity contribution in [3.8, 4) is 5.75 Å². The Hall–Kier alpha value is -0.980. The van der Waals surface area contributed by atoms with E-state index in [2.05, 4.69) is 39.8 Å². The van der Waals surface area contributed by atoms with E-state index in [4.69, 9.17) is 4.74 Å². The molecule has 0 N–H and O–H groups in total. The van der Waals surface area contributed by atoms with Crippen LogP contribution in [0.3, 0.4) is 0 Å². The van der Waals surface area contributed by atoms with Gasteiger partial charge >= 0.3 is 0 Å². The molecule has 3 fully saturated rings. The van der Waals surface area contributed by atoms with Gasteiger partial charge in [0, 0.05) is 0 Å². The van der Waals surface area contributed by atoms with E-state index in [1.165, 1.54) is 158 Å². The molecule has 0 amide bonds. The van der Waals surface area contributed by atoms with Crippen molar-refractivity contribution in [1.82, 2.24) is 0 Å². The lowest BCUT2D eigenvalue weighted by molar-refractivity contribution is 0.156. The van der Waals surface area contributed by atoms with Crippen LogP contribution in [-0.2, 0) is 12.8 Å². The molecule has 0 radical (unpaired) electrons. The predicted molar refractivity (Wildman–Crippen MR) is 175 cm³/mol. The Morgan fingerprint density at radius 2 is 1.07 bits per heavy atom. The second-order valence-electron chi connectivity index (χ2n) is 14.5. The van der Waals surface area contributed by atoms with Crippen LogP contribution in [0.2, 0.25) is 0 Å². The van der Waals surface area contributed by atoms with Crippen LogP contribution in [-0.4, -0.2) is 6.61 Å². The van der Waals surface area contributed by atoms with Crippen molar-refractivity contribution in [2.45, 2.75) is 175 Å². The van der Waals surface area contributed by atoms with Gasteiger partial charge in [-0.1, -0.05) is 117 Å². The van der Waals surface area contributed by atoms with Crippen molar-refractivity contribution in [1.29, 1.82) is 0 Å². The molecule has 40 heavy (non-hydrogen) atoms. The molecule has 0 spiro atoms. The number of hydrogen-bond donors (Lipinski definition) is 0. The van der Waals surface area contributed by atoms with E-state index in [9.17, 15) is 0 Å². The van der Waals surface area contributed by atoms with Gasteiger partial charge in [-0.2, -0.15) is 0 Å². The second kappa shape index (κ2) is 17.2. The number of benzene rings is 1. The van der Waals surface area contributed by atoms with E-state index >= 15 is 0 Å². The molecule has 0 aromatic heterocycles. The fourth-order valence-corrected chi connectivity index (χ4v) is 8.96. The van der Waals surface area contributed by atoms with Gasteiger partial charge in [-0.25, -0.2) is 0 Å². The quantitative estimate of drug-likeness (QED) is 0.197. The number of ether oxygens (including phenoxy) is 1. The summed E-state index contributed by atoms with van der Waals surface area (Å²) >= 11 is 0. The van der Waals surface area contributed by atoms with E-state index in [0.29, 0.717) is 0 Å². The van der Waals surface area contributed by atoms with Gasteiger partial charge in [0.15, 0.2) is 0 Å². The van der Waals surface area contributed by atoms with E-state index in [0.717, 1.165) is 42.1 Å². The van der Waals surface area contributed by atoms with Gasteiger partial charge in [0.2, 0.25) is 0 Å². The number of unbranched alkanes of at least 4 members (excludes halogenated alkanes) is 2. The second-order valence-corrected chi connectivity index (χ2v) is 14.5. The lowest BCUT2D eigenvalue weighted by atomic mass is 9.68. The minimum atomic E-state index is 0.762. The van der Waals surface area contributed by atoms with Crippen LogP contribution >= 0.6 is 0 Å². The Morgan fingerprint density at radius 3 is 1.62 bits per heavy atom. The highest BCUT2D eigenvalue weighted by atomic mass is 16.5. The Balaban J connectivity index is 1.34. The molecule has 1 heteroatoms. The molecule has 1 aromatic carbocycles. The zero-order chi connectivity index (χ0) is 28.2. The number of aryl methyl sites for hydroxylation is 2. The first-order chi connectivity index (χ1) is 19.6. The summed E-state index contributed by atoms with van der Waals surface area (Å²) in [5, 5.41) is 0. The number of rotatable bonds is 15. The highest BCUT2D eigenvalue weighted by molar-refractivity contribution is 5.46. The molecule has 3 saturated carbocycles. The Kier molecular flexibility index (Phi) is 13.7. The third-order valence-electron chi connectivity index (χ3n) is 11.4. The molecule has 3 aliphatic rings. The first-order valence-corrected chi connectivity index (χ1v) is 18.4. The highest BCUT2D eigenvalue weighted by Crippen LogP contribution is 2.45. The zero-order valence-electron chi connectivity index (χ0n) is 27.3. The summed E-state index contributed by atoms with van der Waals surface area (Å²) in [6.07, 6.45) is 30.8. The van der Waals surface area contributed by atoms with Gasteiger partial charge in [-0.3, -0.25) is 0 Å². The monoisotopic (exact) mass is 551 g/mol. The summed E-state index contributed by atoms with van der Waals surface area (Å²) in [4.78, 5) is 0. The van der Waals surface area contributed by atoms with Crippen molar-refractivity contribution in [3.05, 3.63) is 28.8 Å². The van der Waals surface area contributed by atoms with Crippen LogP contribution in [0.4, 0.5) is 0 Å². The van der Waals surface area contributed by atoms with Crippen LogP contribution in [0.5, 0.6) is 5.75 Å². The largest absolute Gasteiger partial charge is 0.493 e. The van der Waals surface area contributed by atoms with Gasteiger partial charge in [-0.15, -0.1) is 0 Å². The summed E-state index contributed by atoms with van der Waals surface area (Å²) in [6, 6.07) is 5.20. The van der Waals surface area contributed by atoms with Gasteiger partial charge < -0.3 is 4.74 Å². The smallest absolute Gasteiger partial charge is 0.125 e. The maximum Gasteiger partial charge on any atom is 0.125 e. The Bertz CT molecular complexity index is 790. The Labute approximate surface area is 250 Å². The van der Waals surface area contributed by atoms with E-state index in [1.54, 1.807) is 5.56 Å². The molecular formula is C39H66O. The maximum absolute atomic E-state index is 6.81. The third-order valence-corrected chi connectivity index (χ3v) is 11.4. The molecule has 4 rings (SSSR count). The lowest BCUT2D eigenvalue weighted by Crippen LogP contribution is -2.25. The molecule has 0 saturated heterocycles. The van der Waals surface area contributed by atoms with Crippen molar-refractivity contribution in [2.24, 2.45) is 29.6 Å². The summed E-state index contributed by atoms with van der Waals surface area (Å²) in [5.41, 5.74) is 4.69. The summed E-state index contributed by atoms with van der Waals surface area (Å²) in [7, 11) is 0.